The van der Waals surface area contributed by atoms with Gasteiger partial charge in [0, 0.05) is 6.61 Å². The number of hydrogen-bond acceptors (Lipinski definition) is 5. The van der Waals surface area contributed by atoms with Crippen molar-refractivity contribution in [3.8, 4) is 0 Å². The van der Waals surface area contributed by atoms with Gasteiger partial charge in [-0.3, -0.25) is 0 Å². The number of rotatable bonds is 6. The first-order valence-electron chi connectivity index (χ1n) is 6.76. The van der Waals surface area contributed by atoms with E-state index in [9.17, 15) is 0 Å². The van der Waals surface area contributed by atoms with Gasteiger partial charge in [-0.2, -0.15) is 4.98 Å². The molecule has 5 nitrogen and oxygen atoms in total. The Morgan fingerprint density at radius 1 is 1.30 bits per heavy atom. The normalized spacial score (nSPS) is 14.2. The van der Waals surface area contributed by atoms with Crippen LogP contribution in [0.2, 0.25) is 0 Å². The van der Waals surface area contributed by atoms with Gasteiger partial charge in [0.25, 0.3) is 0 Å². The monoisotopic (exact) mass is 275 g/mol. The van der Waals surface area contributed by atoms with Crippen molar-refractivity contribution in [3.63, 3.8) is 0 Å². The van der Waals surface area contributed by atoms with Crippen molar-refractivity contribution in [2.45, 2.75) is 32.7 Å². The van der Waals surface area contributed by atoms with Crippen molar-refractivity contribution in [1.29, 1.82) is 0 Å². The van der Waals surface area contributed by atoms with Crippen LogP contribution < -0.4 is 5.73 Å². The zero-order chi connectivity index (χ0) is 14.6. The second-order valence-electron chi connectivity index (χ2n) is 5.23. The molecule has 0 aliphatic carbocycles. The fourth-order valence-corrected chi connectivity index (χ4v) is 1.82. The molecule has 1 unspecified atom stereocenters. The van der Waals surface area contributed by atoms with Gasteiger partial charge in [0.2, 0.25) is 5.89 Å². The van der Waals surface area contributed by atoms with Gasteiger partial charge in [-0.05, 0) is 26.3 Å². The van der Waals surface area contributed by atoms with E-state index in [1.54, 1.807) is 0 Å². The lowest BCUT2D eigenvalue weighted by molar-refractivity contribution is 0.0962. The van der Waals surface area contributed by atoms with Crippen LogP contribution in [-0.2, 0) is 16.7 Å². The molecule has 0 saturated carbocycles. The summed E-state index contributed by atoms with van der Waals surface area (Å²) in [5.41, 5.74) is 7.77. The van der Waals surface area contributed by atoms with Gasteiger partial charge in [-0.15, -0.1) is 0 Å². The zero-order valence-electron chi connectivity index (χ0n) is 12.2. The van der Waals surface area contributed by atoms with Gasteiger partial charge in [-0.25, -0.2) is 0 Å². The molecule has 0 amide bonds. The summed E-state index contributed by atoms with van der Waals surface area (Å²) in [7, 11) is 0. The van der Waals surface area contributed by atoms with E-state index in [-0.39, 0.29) is 0 Å². The van der Waals surface area contributed by atoms with E-state index in [0.717, 1.165) is 5.56 Å². The number of benzene rings is 1. The fraction of sp³-hybridized carbons (Fsp3) is 0.467. The number of nitrogens with two attached hydrogens (primary N) is 1. The van der Waals surface area contributed by atoms with Gasteiger partial charge in [0.1, 0.15) is 5.54 Å². The first-order valence-corrected chi connectivity index (χ1v) is 6.76. The molecule has 0 fully saturated rings. The summed E-state index contributed by atoms with van der Waals surface area (Å²) in [4.78, 5) is 4.37. The fourth-order valence-electron chi connectivity index (χ4n) is 1.82. The molecule has 20 heavy (non-hydrogen) atoms. The average Bonchev–Trinajstić information content (AvgIpc) is 2.88. The number of hydrogen-bond donors (Lipinski definition) is 1. The first kappa shape index (κ1) is 14.7. The molecule has 0 aliphatic heterocycles. The molecule has 5 heteroatoms. The maximum Gasteiger partial charge on any atom is 0.231 e. The molecule has 2 N–H and O–H groups in total. The van der Waals surface area contributed by atoms with Crippen molar-refractivity contribution in [2.75, 3.05) is 13.2 Å². The molecule has 0 spiro atoms. The summed E-state index contributed by atoms with van der Waals surface area (Å²) in [5, 5.41) is 3.96. The van der Waals surface area contributed by atoms with Crippen LogP contribution in [0.4, 0.5) is 0 Å². The summed E-state index contributed by atoms with van der Waals surface area (Å²) in [6.45, 7) is 6.80. The second kappa shape index (κ2) is 6.15. The van der Waals surface area contributed by atoms with Crippen LogP contribution in [0.1, 0.15) is 36.7 Å². The topological polar surface area (TPSA) is 74.2 Å². The van der Waals surface area contributed by atoms with Gasteiger partial charge in [0.05, 0.1) is 13.0 Å². The predicted octanol–water partition coefficient (Wildman–Crippen LogP) is 2.18. The molecule has 1 heterocycles. The van der Waals surface area contributed by atoms with Crippen molar-refractivity contribution in [3.05, 3.63) is 47.1 Å². The highest BCUT2D eigenvalue weighted by Crippen LogP contribution is 2.16. The van der Waals surface area contributed by atoms with Gasteiger partial charge in [-0.1, -0.05) is 35.0 Å². The SMILES string of the molecule is CCOCC(C)(N)c1noc(Cc2ccc(C)cc2)n1. The van der Waals surface area contributed by atoms with E-state index in [0.29, 0.717) is 31.3 Å². The summed E-state index contributed by atoms with van der Waals surface area (Å²) >= 11 is 0. The van der Waals surface area contributed by atoms with Crippen molar-refractivity contribution >= 4 is 0 Å². The Balaban J connectivity index is 2.06. The quantitative estimate of drug-likeness (QED) is 0.874. The zero-order valence-corrected chi connectivity index (χ0v) is 12.2. The molecular weight excluding hydrogens is 254 g/mol. The van der Waals surface area contributed by atoms with E-state index < -0.39 is 5.54 Å². The Morgan fingerprint density at radius 2 is 2.00 bits per heavy atom. The summed E-state index contributed by atoms with van der Waals surface area (Å²) in [6, 6.07) is 8.24. The van der Waals surface area contributed by atoms with Crippen molar-refractivity contribution < 1.29 is 9.26 Å². The van der Waals surface area contributed by atoms with Crippen LogP contribution in [-0.4, -0.2) is 23.4 Å². The molecular formula is C15H21N3O2. The van der Waals surface area contributed by atoms with Crippen LogP contribution in [0.15, 0.2) is 28.8 Å². The van der Waals surface area contributed by atoms with Crippen LogP contribution >= 0.6 is 0 Å². The van der Waals surface area contributed by atoms with Crippen LogP contribution in [0.5, 0.6) is 0 Å². The standard InChI is InChI=1S/C15H21N3O2/c1-4-19-10-15(3,16)14-17-13(20-18-14)9-12-7-5-11(2)6-8-12/h5-8H,4,9-10,16H2,1-3H3. The van der Waals surface area contributed by atoms with Crippen molar-refractivity contribution in [1.82, 2.24) is 10.1 Å². The molecule has 2 aromatic rings. The minimum Gasteiger partial charge on any atom is -0.379 e. The van der Waals surface area contributed by atoms with Crippen LogP contribution in [0.25, 0.3) is 0 Å². The van der Waals surface area contributed by atoms with Crippen LogP contribution in [0.3, 0.4) is 0 Å². The first-order chi connectivity index (χ1) is 9.51. The molecule has 2 rings (SSSR count). The molecule has 0 radical (unpaired) electrons. The van der Waals surface area contributed by atoms with Crippen molar-refractivity contribution in [2.24, 2.45) is 5.73 Å². The van der Waals surface area contributed by atoms with E-state index >= 15 is 0 Å². The maximum atomic E-state index is 6.14. The Kier molecular flexibility index (Phi) is 4.52. The molecule has 0 aliphatic rings. The minimum absolute atomic E-state index is 0.368. The summed E-state index contributed by atoms with van der Waals surface area (Å²) in [6.07, 6.45) is 0.609. The van der Waals surface area contributed by atoms with E-state index in [2.05, 4.69) is 41.3 Å². The number of nitrogens with zero attached hydrogens (tertiary/aromatic N) is 2. The highest BCUT2D eigenvalue weighted by molar-refractivity contribution is 5.23. The number of aromatic nitrogens is 2. The lowest BCUT2D eigenvalue weighted by Crippen LogP contribution is -2.39. The average molecular weight is 275 g/mol. The highest BCUT2D eigenvalue weighted by Gasteiger charge is 2.27. The third kappa shape index (κ3) is 3.65. The molecule has 1 aromatic carbocycles. The Morgan fingerprint density at radius 3 is 2.65 bits per heavy atom. The Hall–Kier alpha value is -1.72. The molecule has 1 atom stereocenters. The largest absolute Gasteiger partial charge is 0.379 e. The van der Waals surface area contributed by atoms with Gasteiger partial charge >= 0.3 is 0 Å². The Bertz CT molecular complexity index is 547. The molecule has 108 valence electrons. The van der Waals surface area contributed by atoms with E-state index in [4.69, 9.17) is 15.0 Å². The smallest absolute Gasteiger partial charge is 0.231 e. The summed E-state index contributed by atoms with van der Waals surface area (Å²) < 4.78 is 10.6. The van der Waals surface area contributed by atoms with Gasteiger partial charge in [0.15, 0.2) is 5.82 Å². The maximum absolute atomic E-state index is 6.14. The third-order valence-electron chi connectivity index (χ3n) is 3.06. The molecule has 0 saturated heterocycles. The van der Waals surface area contributed by atoms with Crippen LogP contribution in [0, 0.1) is 6.92 Å². The molecule has 0 bridgehead atoms. The van der Waals surface area contributed by atoms with E-state index in [1.165, 1.54) is 5.56 Å². The Labute approximate surface area is 119 Å². The molecule has 1 aromatic heterocycles. The minimum atomic E-state index is -0.731. The predicted molar refractivity (Wildman–Crippen MR) is 76.3 cm³/mol. The number of aryl methyl sites for hydroxylation is 1. The van der Waals surface area contributed by atoms with E-state index in [1.807, 2.05) is 13.8 Å². The third-order valence-corrected chi connectivity index (χ3v) is 3.06. The number of ether oxygens (including phenoxy) is 1. The highest BCUT2D eigenvalue weighted by atomic mass is 16.5. The van der Waals surface area contributed by atoms with Gasteiger partial charge < -0.3 is 15.0 Å². The second-order valence-corrected chi connectivity index (χ2v) is 5.23. The lowest BCUT2D eigenvalue weighted by atomic mass is 10.1. The summed E-state index contributed by atoms with van der Waals surface area (Å²) in [5.74, 6) is 1.05. The lowest BCUT2D eigenvalue weighted by Gasteiger charge is -2.19.